The minimum Gasteiger partial charge on any atom is -0.444 e. The Hall–Kier alpha value is -1.89. The van der Waals surface area contributed by atoms with Crippen LogP contribution in [0.1, 0.15) is 47.1 Å². The minimum atomic E-state index is -1.25. The summed E-state index contributed by atoms with van der Waals surface area (Å²) in [6.07, 6.45) is 2.10. The van der Waals surface area contributed by atoms with Crippen LogP contribution in [0.4, 0.5) is 9.18 Å². The van der Waals surface area contributed by atoms with E-state index in [9.17, 15) is 4.79 Å². The summed E-state index contributed by atoms with van der Waals surface area (Å²) >= 11 is 5.91. The van der Waals surface area contributed by atoms with Crippen molar-refractivity contribution in [1.82, 2.24) is 19.4 Å². The number of piperidine rings is 1. The van der Waals surface area contributed by atoms with Gasteiger partial charge in [0.15, 0.2) is 0 Å². The first-order valence-electron chi connectivity index (χ1n) is 8.62. The Labute approximate surface area is 157 Å². The molecule has 0 aliphatic carbocycles. The molecule has 3 heterocycles. The van der Waals surface area contributed by atoms with Crippen LogP contribution in [0.3, 0.4) is 0 Å². The summed E-state index contributed by atoms with van der Waals surface area (Å²) in [5.41, 5.74) is -0.595. The van der Waals surface area contributed by atoms with Crippen molar-refractivity contribution in [2.24, 2.45) is 0 Å². The first-order valence-corrected chi connectivity index (χ1v) is 8.99. The topological polar surface area (TPSA) is 60.2 Å². The van der Waals surface area contributed by atoms with Crippen LogP contribution in [0.15, 0.2) is 18.5 Å². The standard InChI is InChI=1S/C18H24ClFN4O2/c1-17(2,3)26-16(25)24-10-12(20)13(8-18(24,4)5)23-7-6-11-9-21-15(19)22-14(11)23/h6-7,9,12-13H,8,10H2,1-5H3. The van der Waals surface area contributed by atoms with Crippen LogP contribution in [0.25, 0.3) is 11.0 Å². The third kappa shape index (κ3) is 3.63. The van der Waals surface area contributed by atoms with Crippen LogP contribution in [-0.4, -0.2) is 49.4 Å². The molecule has 0 spiro atoms. The molecule has 0 N–H and O–H groups in total. The lowest BCUT2D eigenvalue weighted by Crippen LogP contribution is -2.58. The van der Waals surface area contributed by atoms with Gasteiger partial charge in [-0.25, -0.2) is 14.2 Å². The summed E-state index contributed by atoms with van der Waals surface area (Å²) in [7, 11) is 0. The number of aromatic nitrogens is 3. The van der Waals surface area contributed by atoms with Gasteiger partial charge >= 0.3 is 6.09 Å². The summed E-state index contributed by atoms with van der Waals surface area (Å²) in [6.45, 7) is 9.20. The minimum absolute atomic E-state index is 0.0366. The van der Waals surface area contributed by atoms with Crippen LogP contribution < -0.4 is 0 Å². The maximum absolute atomic E-state index is 15.1. The summed E-state index contributed by atoms with van der Waals surface area (Å²) < 4.78 is 22.3. The lowest BCUT2D eigenvalue weighted by atomic mass is 9.86. The number of hydrogen-bond donors (Lipinski definition) is 0. The van der Waals surface area contributed by atoms with E-state index in [4.69, 9.17) is 16.3 Å². The number of carbonyl (C=O) groups is 1. The van der Waals surface area contributed by atoms with E-state index in [0.29, 0.717) is 12.1 Å². The highest BCUT2D eigenvalue weighted by atomic mass is 35.5. The Morgan fingerprint density at radius 2 is 2.12 bits per heavy atom. The van der Waals surface area contributed by atoms with Gasteiger partial charge in [-0.2, -0.15) is 4.98 Å². The number of rotatable bonds is 1. The Balaban J connectivity index is 1.89. The smallest absolute Gasteiger partial charge is 0.410 e. The second kappa shape index (κ2) is 6.37. The number of hydrogen-bond acceptors (Lipinski definition) is 4. The monoisotopic (exact) mass is 382 g/mol. The normalized spacial score (nSPS) is 23.3. The molecule has 2 aromatic rings. The molecule has 2 aromatic heterocycles. The van der Waals surface area contributed by atoms with E-state index in [1.807, 2.05) is 19.9 Å². The molecule has 1 saturated heterocycles. The van der Waals surface area contributed by atoms with Gasteiger partial charge in [-0.15, -0.1) is 0 Å². The van der Waals surface area contributed by atoms with Crippen LogP contribution in [0.2, 0.25) is 5.28 Å². The highest BCUT2D eigenvalue weighted by molar-refractivity contribution is 6.28. The highest BCUT2D eigenvalue weighted by Gasteiger charge is 2.45. The van der Waals surface area contributed by atoms with Gasteiger partial charge in [0.2, 0.25) is 5.28 Å². The van der Waals surface area contributed by atoms with E-state index in [-0.39, 0.29) is 11.8 Å². The molecule has 0 bridgehead atoms. The van der Waals surface area contributed by atoms with Crippen molar-refractivity contribution in [3.63, 3.8) is 0 Å². The van der Waals surface area contributed by atoms with Gasteiger partial charge in [-0.3, -0.25) is 0 Å². The molecule has 1 fully saturated rings. The fourth-order valence-electron chi connectivity index (χ4n) is 3.39. The fourth-order valence-corrected chi connectivity index (χ4v) is 3.52. The van der Waals surface area contributed by atoms with Gasteiger partial charge < -0.3 is 14.2 Å². The Bertz CT molecular complexity index is 830. The molecule has 2 atom stereocenters. The molecular weight excluding hydrogens is 359 g/mol. The molecule has 26 heavy (non-hydrogen) atoms. The number of halogens is 2. The van der Waals surface area contributed by atoms with Crippen molar-refractivity contribution < 1.29 is 13.9 Å². The summed E-state index contributed by atoms with van der Waals surface area (Å²) in [5, 5.41) is 0.923. The van der Waals surface area contributed by atoms with Gasteiger partial charge in [-0.1, -0.05) is 0 Å². The van der Waals surface area contributed by atoms with Crippen molar-refractivity contribution in [2.75, 3.05) is 6.54 Å². The maximum Gasteiger partial charge on any atom is 0.410 e. The molecular formula is C18H24ClFN4O2. The van der Waals surface area contributed by atoms with Crippen molar-refractivity contribution in [3.05, 3.63) is 23.7 Å². The second-order valence-corrected chi connectivity index (χ2v) is 8.67. The van der Waals surface area contributed by atoms with Crippen LogP contribution in [0, 0.1) is 0 Å². The SMILES string of the molecule is CC(C)(C)OC(=O)N1CC(F)C(n2ccc3cnc(Cl)nc32)CC1(C)C. The molecule has 0 radical (unpaired) electrons. The van der Waals surface area contributed by atoms with E-state index in [1.54, 1.807) is 37.7 Å². The van der Waals surface area contributed by atoms with Gasteiger partial charge in [-0.05, 0) is 58.7 Å². The lowest BCUT2D eigenvalue weighted by molar-refractivity contribution is -0.0332. The predicted octanol–water partition coefficient (Wildman–Crippen LogP) is 4.38. The largest absolute Gasteiger partial charge is 0.444 e. The molecule has 8 heteroatoms. The summed E-state index contributed by atoms with van der Waals surface area (Å²) in [5.74, 6) is 0. The zero-order valence-corrected chi connectivity index (χ0v) is 16.4. The molecule has 6 nitrogen and oxygen atoms in total. The zero-order valence-electron chi connectivity index (χ0n) is 15.7. The average molecular weight is 383 g/mol. The zero-order chi connectivity index (χ0) is 19.3. The number of alkyl halides is 1. The summed E-state index contributed by atoms with van der Waals surface area (Å²) in [6, 6.07) is 1.39. The maximum atomic E-state index is 15.1. The Morgan fingerprint density at radius 1 is 1.42 bits per heavy atom. The fraction of sp³-hybridized carbons (Fsp3) is 0.611. The second-order valence-electron chi connectivity index (χ2n) is 8.33. The molecule has 0 aromatic carbocycles. The first kappa shape index (κ1) is 18.9. The van der Waals surface area contributed by atoms with Gasteiger partial charge in [0.25, 0.3) is 0 Å². The number of nitrogens with zero attached hydrogens (tertiary/aromatic N) is 4. The molecule has 1 amide bonds. The third-order valence-electron chi connectivity index (χ3n) is 4.61. The quantitative estimate of drug-likeness (QED) is 0.686. The number of amides is 1. The predicted molar refractivity (Wildman–Crippen MR) is 98.1 cm³/mol. The molecule has 1 aliphatic rings. The third-order valence-corrected chi connectivity index (χ3v) is 4.79. The van der Waals surface area contributed by atoms with E-state index in [1.165, 1.54) is 4.90 Å². The molecule has 2 unspecified atom stereocenters. The Morgan fingerprint density at radius 3 is 2.77 bits per heavy atom. The van der Waals surface area contributed by atoms with E-state index >= 15 is 4.39 Å². The number of likely N-dealkylation sites (tertiary alicyclic amines) is 1. The average Bonchev–Trinajstić information content (AvgIpc) is 2.90. The van der Waals surface area contributed by atoms with Crippen LogP contribution >= 0.6 is 11.6 Å². The number of carbonyl (C=O) groups excluding carboxylic acids is 1. The van der Waals surface area contributed by atoms with E-state index in [0.717, 1.165) is 5.39 Å². The van der Waals surface area contributed by atoms with Crippen molar-refractivity contribution in [2.45, 2.75) is 64.4 Å². The Kier molecular flexibility index (Phi) is 4.63. The van der Waals surface area contributed by atoms with E-state index in [2.05, 4.69) is 9.97 Å². The number of ether oxygens (including phenoxy) is 1. The molecule has 1 aliphatic heterocycles. The lowest BCUT2D eigenvalue weighted by Gasteiger charge is -2.47. The van der Waals surface area contributed by atoms with Crippen molar-refractivity contribution >= 4 is 28.7 Å². The molecule has 142 valence electrons. The van der Waals surface area contributed by atoms with E-state index < -0.39 is 29.4 Å². The van der Waals surface area contributed by atoms with Crippen LogP contribution in [-0.2, 0) is 4.74 Å². The van der Waals surface area contributed by atoms with Crippen LogP contribution in [0.5, 0.6) is 0 Å². The molecule has 0 saturated carbocycles. The van der Waals surface area contributed by atoms with Crippen molar-refractivity contribution in [1.29, 1.82) is 0 Å². The number of fused-ring (bicyclic) bond motifs is 1. The van der Waals surface area contributed by atoms with Gasteiger partial charge in [0, 0.05) is 23.3 Å². The van der Waals surface area contributed by atoms with Crippen molar-refractivity contribution in [3.8, 4) is 0 Å². The van der Waals surface area contributed by atoms with Gasteiger partial charge in [0.1, 0.15) is 17.4 Å². The summed E-state index contributed by atoms with van der Waals surface area (Å²) in [4.78, 5) is 22.2. The van der Waals surface area contributed by atoms with Gasteiger partial charge in [0.05, 0.1) is 12.6 Å². The first-order chi connectivity index (χ1) is 12.0. The molecule has 3 rings (SSSR count). The highest BCUT2D eigenvalue weighted by Crippen LogP contribution is 2.38.